The van der Waals surface area contributed by atoms with Crippen molar-refractivity contribution in [1.82, 2.24) is 4.57 Å². The molecule has 0 saturated carbocycles. The van der Waals surface area contributed by atoms with Gasteiger partial charge >= 0.3 is 0 Å². The van der Waals surface area contributed by atoms with E-state index in [1.807, 2.05) is 12.1 Å². The maximum Gasteiger partial charge on any atom is 0.262 e. The number of hydrogen-bond acceptors (Lipinski definition) is 2. The van der Waals surface area contributed by atoms with Gasteiger partial charge in [-0.1, -0.05) is 25.5 Å². The molecule has 0 fully saturated rings. The second-order valence-corrected chi connectivity index (χ2v) is 5.66. The fourth-order valence-electron chi connectivity index (χ4n) is 2.47. The third kappa shape index (κ3) is 3.11. The molecular formula is C18H23N3O. The molecule has 0 saturated heterocycles. The van der Waals surface area contributed by atoms with Crippen molar-refractivity contribution in [3.05, 3.63) is 57.4 Å². The van der Waals surface area contributed by atoms with Crippen molar-refractivity contribution in [2.24, 2.45) is 5.73 Å². The molecule has 0 unspecified atom stereocenters. The van der Waals surface area contributed by atoms with Gasteiger partial charge in [-0.05, 0) is 55.2 Å². The average molecular weight is 297 g/mol. The van der Waals surface area contributed by atoms with Crippen LogP contribution in [0, 0.1) is 19.3 Å². The number of nitrogens with one attached hydrogen (secondary N) is 1. The van der Waals surface area contributed by atoms with Crippen LogP contribution in [0.25, 0.3) is 11.3 Å². The topological polar surface area (TPSA) is 71.9 Å². The smallest absolute Gasteiger partial charge is 0.262 e. The Hall–Kier alpha value is -2.36. The molecule has 116 valence electrons. The predicted octanol–water partition coefficient (Wildman–Crippen LogP) is 3.22. The first kappa shape index (κ1) is 16.0. The van der Waals surface area contributed by atoms with Crippen LogP contribution < -0.4 is 11.3 Å². The van der Waals surface area contributed by atoms with Gasteiger partial charge < -0.3 is 10.3 Å². The first-order valence-electron chi connectivity index (χ1n) is 7.61. The number of nitrogen functional groups attached to an aromatic ring is 1. The summed E-state index contributed by atoms with van der Waals surface area (Å²) in [6.45, 7) is 6.87. The monoisotopic (exact) mass is 297 g/mol. The molecule has 1 heterocycles. The Morgan fingerprint density at radius 2 is 1.91 bits per heavy atom. The number of aryl methyl sites for hydroxylation is 2. The molecule has 0 atom stereocenters. The highest BCUT2D eigenvalue weighted by Crippen LogP contribution is 2.22. The number of rotatable bonds is 5. The number of pyridine rings is 1. The van der Waals surface area contributed by atoms with Gasteiger partial charge in [0.1, 0.15) is 5.84 Å². The van der Waals surface area contributed by atoms with Crippen molar-refractivity contribution >= 4 is 5.84 Å². The largest absolute Gasteiger partial charge is 0.384 e. The quantitative estimate of drug-likeness (QED) is 0.657. The zero-order chi connectivity index (χ0) is 16.3. The SMILES string of the molecule is CCCCn1c(-c2ccc(C)c(C)c2)ccc(C(=N)N)c1=O. The standard InChI is InChI=1S/C18H23N3O/c1-4-5-10-21-16(9-8-15(17(19)20)18(21)22)14-7-6-12(2)13(3)11-14/h6-9,11H,4-5,10H2,1-3H3,(H3,19,20). The van der Waals surface area contributed by atoms with Gasteiger partial charge in [0.05, 0.1) is 11.3 Å². The lowest BCUT2D eigenvalue weighted by atomic mass is 10.0. The van der Waals surface area contributed by atoms with Crippen molar-refractivity contribution in [3.8, 4) is 11.3 Å². The fourth-order valence-corrected chi connectivity index (χ4v) is 2.47. The minimum atomic E-state index is -0.184. The van der Waals surface area contributed by atoms with Crippen molar-refractivity contribution < 1.29 is 0 Å². The summed E-state index contributed by atoms with van der Waals surface area (Å²) in [5.41, 5.74) is 9.92. The normalized spacial score (nSPS) is 10.7. The molecule has 22 heavy (non-hydrogen) atoms. The fraction of sp³-hybridized carbons (Fsp3) is 0.333. The summed E-state index contributed by atoms with van der Waals surface area (Å²) in [6.07, 6.45) is 1.92. The predicted molar refractivity (Wildman–Crippen MR) is 91.5 cm³/mol. The lowest BCUT2D eigenvalue weighted by Crippen LogP contribution is -2.30. The molecule has 3 N–H and O–H groups in total. The number of hydrogen-bond donors (Lipinski definition) is 2. The van der Waals surface area contributed by atoms with E-state index < -0.39 is 0 Å². The van der Waals surface area contributed by atoms with Crippen molar-refractivity contribution in [2.75, 3.05) is 0 Å². The lowest BCUT2D eigenvalue weighted by Gasteiger charge is -2.15. The molecule has 1 aromatic carbocycles. The Morgan fingerprint density at radius 1 is 1.18 bits per heavy atom. The minimum Gasteiger partial charge on any atom is -0.384 e. The molecule has 4 nitrogen and oxygen atoms in total. The van der Waals surface area contributed by atoms with Crippen LogP contribution in [0.1, 0.15) is 36.5 Å². The Balaban J connectivity index is 2.63. The van der Waals surface area contributed by atoms with Gasteiger partial charge in [0.15, 0.2) is 0 Å². The van der Waals surface area contributed by atoms with E-state index in [0.717, 1.165) is 24.1 Å². The second-order valence-electron chi connectivity index (χ2n) is 5.66. The number of unbranched alkanes of at least 4 members (excludes halogenated alkanes) is 1. The van der Waals surface area contributed by atoms with Gasteiger partial charge in [0, 0.05) is 6.54 Å². The number of benzene rings is 1. The van der Waals surface area contributed by atoms with Gasteiger partial charge in [-0.15, -0.1) is 0 Å². The van der Waals surface area contributed by atoms with Gasteiger partial charge in [-0.25, -0.2) is 0 Å². The van der Waals surface area contributed by atoms with E-state index in [4.69, 9.17) is 11.1 Å². The highest BCUT2D eigenvalue weighted by Gasteiger charge is 2.12. The van der Waals surface area contributed by atoms with Gasteiger partial charge in [0.25, 0.3) is 5.56 Å². The van der Waals surface area contributed by atoms with Crippen LogP contribution in [0.5, 0.6) is 0 Å². The second kappa shape index (κ2) is 6.60. The Labute approximate surface area is 131 Å². The molecular weight excluding hydrogens is 274 g/mol. The molecule has 0 bridgehead atoms. The Bertz CT molecular complexity index is 759. The van der Waals surface area contributed by atoms with Crippen LogP contribution in [0.4, 0.5) is 0 Å². The summed E-state index contributed by atoms with van der Waals surface area (Å²) >= 11 is 0. The lowest BCUT2D eigenvalue weighted by molar-refractivity contribution is 0.618. The van der Waals surface area contributed by atoms with Gasteiger partial charge in [-0.3, -0.25) is 10.2 Å². The molecule has 4 heteroatoms. The van der Waals surface area contributed by atoms with E-state index >= 15 is 0 Å². The van der Waals surface area contributed by atoms with Crippen LogP contribution >= 0.6 is 0 Å². The van der Waals surface area contributed by atoms with Gasteiger partial charge in [0.2, 0.25) is 0 Å². The molecule has 2 rings (SSSR count). The minimum absolute atomic E-state index is 0.179. The maximum absolute atomic E-state index is 12.6. The van der Waals surface area contributed by atoms with Crippen LogP contribution in [0.15, 0.2) is 35.1 Å². The summed E-state index contributed by atoms with van der Waals surface area (Å²) in [6, 6.07) is 9.74. The van der Waals surface area contributed by atoms with E-state index in [1.54, 1.807) is 10.6 Å². The summed E-state index contributed by atoms with van der Waals surface area (Å²) in [4.78, 5) is 12.6. The zero-order valence-corrected chi connectivity index (χ0v) is 13.4. The first-order valence-corrected chi connectivity index (χ1v) is 7.61. The third-order valence-electron chi connectivity index (χ3n) is 4.00. The summed E-state index contributed by atoms with van der Waals surface area (Å²) in [5.74, 6) is -0.179. The summed E-state index contributed by atoms with van der Waals surface area (Å²) in [7, 11) is 0. The maximum atomic E-state index is 12.6. The van der Waals surface area contributed by atoms with Crippen LogP contribution in [0.3, 0.4) is 0 Å². The third-order valence-corrected chi connectivity index (χ3v) is 4.00. The van der Waals surface area contributed by atoms with Crippen molar-refractivity contribution in [1.29, 1.82) is 5.41 Å². The average Bonchev–Trinajstić information content (AvgIpc) is 2.48. The number of amidine groups is 1. The van der Waals surface area contributed by atoms with Crippen molar-refractivity contribution in [3.63, 3.8) is 0 Å². The first-order chi connectivity index (χ1) is 10.5. The van der Waals surface area contributed by atoms with Crippen LogP contribution in [0.2, 0.25) is 0 Å². The Kier molecular flexibility index (Phi) is 4.81. The zero-order valence-electron chi connectivity index (χ0n) is 13.4. The highest BCUT2D eigenvalue weighted by molar-refractivity contribution is 5.94. The van der Waals surface area contributed by atoms with Crippen LogP contribution in [-0.2, 0) is 6.54 Å². The molecule has 0 aliphatic carbocycles. The number of nitrogens with two attached hydrogens (primary N) is 1. The van der Waals surface area contributed by atoms with E-state index in [1.165, 1.54) is 11.1 Å². The summed E-state index contributed by atoms with van der Waals surface area (Å²) in [5, 5.41) is 7.55. The number of aromatic nitrogens is 1. The van der Waals surface area contributed by atoms with E-state index in [0.29, 0.717) is 6.54 Å². The molecule has 0 aliphatic rings. The Morgan fingerprint density at radius 3 is 2.50 bits per heavy atom. The van der Waals surface area contributed by atoms with Crippen LogP contribution in [-0.4, -0.2) is 10.4 Å². The van der Waals surface area contributed by atoms with E-state index in [9.17, 15) is 4.79 Å². The van der Waals surface area contributed by atoms with E-state index in [-0.39, 0.29) is 17.0 Å². The highest BCUT2D eigenvalue weighted by atomic mass is 16.1. The van der Waals surface area contributed by atoms with E-state index in [2.05, 4.69) is 32.9 Å². The molecule has 0 aliphatic heterocycles. The molecule has 1 aromatic heterocycles. The number of nitrogens with zero attached hydrogens (tertiary/aromatic N) is 1. The summed E-state index contributed by atoms with van der Waals surface area (Å²) < 4.78 is 1.74. The van der Waals surface area contributed by atoms with Crippen molar-refractivity contribution in [2.45, 2.75) is 40.2 Å². The van der Waals surface area contributed by atoms with Gasteiger partial charge in [-0.2, -0.15) is 0 Å². The molecule has 0 spiro atoms. The molecule has 0 radical (unpaired) electrons. The molecule has 0 amide bonds. The molecule has 2 aromatic rings.